The number of para-hydroxylation sites is 1. The lowest BCUT2D eigenvalue weighted by molar-refractivity contribution is -0.123. The van der Waals surface area contributed by atoms with E-state index in [2.05, 4.69) is 19.2 Å². The fourth-order valence-electron chi connectivity index (χ4n) is 2.10. The van der Waals surface area contributed by atoms with Crippen LogP contribution < -0.4 is 15.8 Å². The van der Waals surface area contributed by atoms with Crippen LogP contribution in [0.4, 0.5) is 0 Å². The molecule has 0 aromatic heterocycles. The molecule has 0 bridgehead atoms. The molecule has 0 heterocycles. The summed E-state index contributed by atoms with van der Waals surface area (Å²) in [5.41, 5.74) is 6.97. The van der Waals surface area contributed by atoms with Crippen molar-refractivity contribution in [1.82, 2.24) is 5.32 Å². The SMILES string of the molecule is CCC(CNC(=O)[C@@H](N)CC(C)C)Oc1ccccc1C. The first kappa shape index (κ1) is 17.5. The van der Waals surface area contributed by atoms with Gasteiger partial charge in [-0.3, -0.25) is 4.79 Å². The van der Waals surface area contributed by atoms with E-state index < -0.39 is 6.04 Å². The number of hydrogen-bond donors (Lipinski definition) is 2. The molecule has 1 aromatic carbocycles. The van der Waals surface area contributed by atoms with Gasteiger partial charge in [-0.1, -0.05) is 39.0 Å². The number of aryl methyl sites for hydroxylation is 1. The van der Waals surface area contributed by atoms with Crippen molar-refractivity contribution in [3.05, 3.63) is 29.8 Å². The topological polar surface area (TPSA) is 64.4 Å². The Morgan fingerprint density at radius 2 is 2.00 bits per heavy atom. The molecule has 0 saturated heterocycles. The first-order chi connectivity index (χ1) is 9.93. The molecular formula is C17H28N2O2. The van der Waals surface area contributed by atoms with E-state index in [1.807, 2.05) is 38.1 Å². The van der Waals surface area contributed by atoms with Gasteiger partial charge in [0.1, 0.15) is 11.9 Å². The Labute approximate surface area is 128 Å². The van der Waals surface area contributed by atoms with Gasteiger partial charge in [0.15, 0.2) is 0 Å². The molecule has 0 spiro atoms. The molecule has 0 radical (unpaired) electrons. The quantitative estimate of drug-likeness (QED) is 0.774. The third-order valence-electron chi connectivity index (χ3n) is 3.41. The second-order valence-electron chi connectivity index (χ2n) is 5.89. The van der Waals surface area contributed by atoms with Gasteiger partial charge in [0, 0.05) is 0 Å². The Morgan fingerprint density at radius 1 is 1.33 bits per heavy atom. The van der Waals surface area contributed by atoms with Gasteiger partial charge >= 0.3 is 0 Å². The first-order valence-corrected chi connectivity index (χ1v) is 7.69. The number of benzene rings is 1. The average molecular weight is 292 g/mol. The minimum absolute atomic E-state index is 0.0405. The largest absolute Gasteiger partial charge is 0.488 e. The summed E-state index contributed by atoms with van der Waals surface area (Å²) < 4.78 is 5.95. The third kappa shape index (κ3) is 6.17. The average Bonchev–Trinajstić information content (AvgIpc) is 2.44. The fraction of sp³-hybridized carbons (Fsp3) is 0.588. The van der Waals surface area contributed by atoms with Crippen molar-refractivity contribution < 1.29 is 9.53 Å². The van der Waals surface area contributed by atoms with Crippen LogP contribution in [0.2, 0.25) is 0 Å². The van der Waals surface area contributed by atoms with Crippen molar-refractivity contribution in [3.8, 4) is 5.75 Å². The molecule has 118 valence electrons. The first-order valence-electron chi connectivity index (χ1n) is 7.69. The molecule has 1 unspecified atom stereocenters. The third-order valence-corrected chi connectivity index (χ3v) is 3.41. The maximum Gasteiger partial charge on any atom is 0.237 e. The van der Waals surface area contributed by atoms with Crippen LogP contribution in [0.5, 0.6) is 5.75 Å². The standard InChI is InChI=1S/C17H28N2O2/c1-5-14(21-16-9-7-6-8-13(16)4)11-19-17(20)15(18)10-12(2)3/h6-9,12,14-15H,5,10-11,18H2,1-4H3,(H,19,20)/t14?,15-/m0/s1. The highest BCUT2D eigenvalue weighted by Crippen LogP contribution is 2.18. The van der Waals surface area contributed by atoms with E-state index >= 15 is 0 Å². The van der Waals surface area contributed by atoms with Crippen LogP contribution in [0.3, 0.4) is 0 Å². The highest BCUT2D eigenvalue weighted by atomic mass is 16.5. The number of amides is 1. The van der Waals surface area contributed by atoms with E-state index in [-0.39, 0.29) is 12.0 Å². The van der Waals surface area contributed by atoms with Gasteiger partial charge in [-0.15, -0.1) is 0 Å². The zero-order chi connectivity index (χ0) is 15.8. The monoisotopic (exact) mass is 292 g/mol. The number of hydrogen-bond acceptors (Lipinski definition) is 3. The van der Waals surface area contributed by atoms with Crippen molar-refractivity contribution in [2.45, 2.75) is 52.7 Å². The summed E-state index contributed by atoms with van der Waals surface area (Å²) in [6, 6.07) is 7.45. The molecule has 0 aliphatic rings. The lowest BCUT2D eigenvalue weighted by Gasteiger charge is -2.21. The van der Waals surface area contributed by atoms with E-state index in [9.17, 15) is 4.79 Å². The van der Waals surface area contributed by atoms with E-state index in [1.54, 1.807) is 0 Å². The van der Waals surface area contributed by atoms with Crippen molar-refractivity contribution in [2.75, 3.05) is 6.54 Å². The molecule has 4 nitrogen and oxygen atoms in total. The molecule has 0 fully saturated rings. The normalized spacial score (nSPS) is 13.8. The number of ether oxygens (including phenoxy) is 1. The van der Waals surface area contributed by atoms with Gasteiger partial charge in [-0.25, -0.2) is 0 Å². The molecule has 0 aliphatic heterocycles. The number of nitrogens with two attached hydrogens (primary N) is 1. The van der Waals surface area contributed by atoms with Crippen LogP contribution in [0.1, 0.15) is 39.2 Å². The van der Waals surface area contributed by atoms with Crippen molar-refractivity contribution >= 4 is 5.91 Å². The van der Waals surface area contributed by atoms with Crippen LogP contribution in [0.25, 0.3) is 0 Å². The Kier molecular flexibility index (Phi) is 7.23. The van der Waals surface area contributed by atoms with Gasteiger partial charge in [0.2, 0.25) is 5.91 Å². The lowest BCUT2D eigenvalue weighted by atomic mass is 10.0. The fourth-order valence-corrected chi connectivity index (χ4v) is 2.10. The molecule has 3 N–H and O–H groups in total. The van der Waals surface area contributed by atoms with E-state index in [4.69, 9.17) is 10.5 Å². The lowest BCUT2D eigenvalue weighted by Crippen LogP contribution is -2.45. The van der Waals surface area contributed by atoms with Gasteiger partial charge in [0.25, 0.3) is 0 Å². The second kappa shape index (κ2) is 8.67. The Morgan fingerprint density at radius 3 is 2.57 bits per heavy atom. The number of nitrogens with one attached hydrogen (secondary N) is 1. The summed E-state index contributed by atoms with van der Waals surface area (Å²) in [5, 5.41) is 2.89. The van der Waals surface area contributed by atoms with Crippen LogP contribution >= 0.6 is 0 Å². The summed E-state index contributed by atoms with van der Waals surface area (Å²) in [6.07, 6.45) is 1.48. The number of carbonyl (C=O) groups excluding carboxylic acids is 1. The van der Waals surface area contributed by atoms with Crippen LogP contribution in [0, 0.1) is 12.8 Å². The molecule has 0 saturated carbocycles. The van der Waals surface area contributed by atoms with Gasteiger partial charge < -0.3 is 15.8 Å². The second-order valence-corrected chi connectivity index (χ2v) is 5.89. The van der Waals surface area contributed by atoms with E-state index in [1.165, 1.54) is 0 Å². The van der Waals surface area contributed by atoms with Crippen LogP contribution in [-0.2, 0) is 4.79 Å². The predicted molar refractivity (Wildman–Crippen MR) is 86.3 cm³/mol. The smallest absolute Gasteiger partial charge is 0.237 e. The van der Waals surface area contributed by atoms with Gasteiger partial charge in [-0.2, -0.15) is 0 Å². The summed E-state index contributed by atoms with van der Waals surface area (Å²) in [4.78, 5) is 11.9. The molecule has 21 heavy (non-hydrogen) atoms. The minimum Gasteiger partial charge on any atom is -0.488 e. The summed E-state index contributed by atoms with van der Waals surface area (Å²) in [5.74, 6) is 1.18. The van der Waals surface area contributed by atoms with Gasteiger partial charge in [-0.05, 0) is 37.3 Å². The van der Waals surface area contributed by atoms with Crippen LogP contribution in [0.15, 0.2) is 24.3 Å². The maximum atomic E-state index is 11.9. The maximum absolute atomic E-state index is 11.9. The Hall–Kier alpha value is -1.55. The predicted octanol–water partition coefficient (Wildman–Crippen LogP) is 2.64. The molecule has 1 rings (SSSR count). The molecule has 4 heteroatoms. The zero-order valence-corrected chi connectivity index (χ0v) is 13.6. The highest BCUT2D eigenvalue weighted by molar-refractivity contribution is 5.81. The van der Waals surface area contributed by atoms with E-state index in [0.717, 1.165) is 17.7 Å². The minimum atomic E-state index is -0.444. The van der Waals surface area contributed by atoms with Crippen LogP contribution in [-0.4, -0.2) is 24.6 Å². The summed E-state index contributed by atoms with van der Waals surface area (Å²) in [7, 11) is 0. The van der Waals surface area contributed by atoms with Crippen molar-refractivity contribution in [1.29, 1.82) is 0 Å². The van der Waals surface area contributed by atoms with Crippen molar-refractivity contribution in [3.63, 3.8) is 0 Å². The highest BCUT2D eigenvalue weighted by Gasteiger charge is 2.17. The molecule has 1 aromatic rings. The summed E-state index contributed by atoms with van der Waals surface area (Å²) >= 11 is 0. The number of carbonyl (C=O) groups is 1. The molecule has 1 amide bonds. The van der Waals surface area contributed by atoms with E-state index in [0.29, 0.717) is 18.9 Å². The zero-order valence-electron chi connectivity index (χ0n) is 13.6. The van der Waals surface area contributed by atoms with Gasteiger partial charge in [0.05, 0.1) is 12.6 Å². The Bertz CT molecular complexity index is 446. The Balaban J connectivity index is 2.48. The number of rotatable bonds is 8. The molecular weight excluding hydrogens is 264 g/mol. The van der Waals surface area contributed by atoms with Crippen molar-refractivity contribution in [2.24, 2.45) is 11.7 Å². The molecule has 2 atom stereocenters. The summed E-state index contributed by atoms with van der Waals surface area (Å²) in [6.45, 7) is 8.66. The molecule has 0 aliphatic carbocycles.